The van der Waals surface area contributed by atoms with Crippen molar-refractivity contribution in [3.05, 3.63) is 24.0 Å². The van der Waals surface area contributed by atoms with Crippen LogP contribution in [-0.2, 0) is 4.79 Å². The van der Waals surface area contributed by atoms with Crippen molar-refractivity contribution >= 4 is 11.6 Å². The van der Waals surface area contributed by atoms with Gasteiger partial charge in [-0.3, -0.25) is 4.79 Å². The molecule has 0 unspecified atom stereocenters. The smallest absolute Gasteiger partial charge is 0.230 e. The minimum Gasteiger partial charge on any atom is -0.494 e. The normalized spacial score (nSPS) is 17.6. The molecule has 2 N–H and O–H groups in total. The number of carbonyl (C=O) groups excluding carboxylic acids is 1. The molecule has 110 valence electrons. The van der Waals surface area contributed by atoms with E-state index in [1.165, 1.54) is 19.2 Å². The molecule has 0 aromatic heterocycles. The van der Waals surface area contributed by atoms with Crippen molar-refractivity contribution in [3.63, 3.8) is 0 Å². The Labute approximate surface area is 118 Å². The van der Waals surface area contributed by atoms with E-state index in [2.05, 4.69) is 10.6 Å². The van der Waals surface area contributed by atoms with E-state index in [0.717, 1.165) is 32.4 Å². The van der Waals surface area contributed by atoms with Crippen molar-refractivity contribution in [2.75, 3.05) is 25.5 Å². The molecule has 20 heavy (non-hydrogen) atoms. The highest BCUT2D eigenvalue weighted by molar-refractivity contribution is 5.95. The highest BCUT2D eigenvalue weighted by Gasteiger charge is 2.37. The fourth-order valence-electron chi connectivity index (χ4n) is 2.65. The zero-order chi connectivity index (χ0) is 14.6. The van der Waals surface area contributed by atoms with Crippen molar-refractivity contribution in [1.29, 1.82) is 0 Å². The maximum absolute atomic E-state index is 13.6. The van der Waals surface area contributed by atoms with E-state index in [1.54, 1.807) is 6.07 Å². The molecule has 0 bridgehead atoms. The first kappa shape index (κ1) is 14.8. The van der Waals surface area contributed by atoms with E-state index in [1.807, 2.05) is 6.92 Å². The quantitative estimate of drug-likeness (QED) is 0.891. The summed E-state index contributed by atoms with van der Waals surface area (Å²) < 4.78 is 18.5. The summed E-state index contributed by atoms with van der Waals surface area (Å²) in [6.07, 6.45) is 2.42. The summed E-state index contributed by atoms with van der Waals surface area (Å²) in [6.45, 7) is 3.72. The summed E-state index contributed by atoms with van der Waals surface area (Å²) in [4.78, 5) is 12.5. The van der Waals surface area contributed by atoms with Gasteiger partial charge in [0.25, 0.3) is 0 Å². The van der Waals surface area contributed by atoms with E-state index in [4.69, 9.17) is 4.74 Å². The second-order valence-electron chi connectivity index (χ2n) is 5.19. The lowest BCUT2D eigenvalue weighted by molar-refractivity contribution is -0.127. The average Bonchev–Trinajstić information content (AvgIpc) is 2.48. The second-order valence-corrected chi connectivity index (χ2v) is 5.19. The van der Waals surface area contributed by atoms with Gasteiger partial charge in [-0.1, -0.05) is 6.92 Å². The van der Waals surface area contributed by atoms with Crippen LogP contribution >= 0.6 is 0 Å². The Balaban J connectivity index is 2.12. The lowest BCUT2D eigenvalue weighted by Crippen LogP contribution is -2.44. The van der Waals surface area contributed by atoms with Gasteiger partial charge in [-0.05, 0) is 44.5 Å². The van der Waals surface area contributed by atoms with E-state index < -0.39 is 5.82 Å². The first-order chi connectivity index (χ1) is 9.61. The minimum absolute atomic E-state index is 0.0222. The number of benzene rings is 1. The van der Waals surface area contributed by atoms with Crippen molar-refractivity contribution in [3.8, 4) is 5.75 Å². The molecule has 0 atom stereocenters. The number of ether oxygens (including phenoxy) is 1. The number of halogens is 1. The van der Waals surface area contributed by atoms with Gasteiger partial charge >= 0.3 is 0 Å². The Morgan fingerprint density at radius 3 is 2.70 bits per heavy atom. The summed E-state index contributed by atoms with van der Waals surface area (Å²) in [7, 11) is 1.41. The number of hydrogen-bond donors (Lipinski definition) is 2. The van der Waals surface area contributed by atoms with E-state index >= 15 is 0 Å². The lowest BCUT2D eigenvalue weighted by Gasteiger charge is -2.35. The molecular weight excluding hydrogens is 259 g/mol. The number of carbonyl (C=O) groups is 1. The van der Waals surface area contributed by atoms with Crippen LogP contribution in [-0.4, -0.2) is 26.1 Å². The van der Waals surface area contributed by atoms with Gasteiger partial charge in [-0.15, -0.1) is 0 Å². The molecule has 5 heteroatoms. The molecule has 0 radical (unpaired) electrons. The fraction of sp³-hybridized carbons (Fsp3) is 0.533. The molecule has 1 aromatic carbocycles. The van der Waals surface area contributed by atoms with Gasteiger partial charge in [-0.25, -0.2) is 4.39 Å². The first-order valence-corrected chi connectivity index (χ1v) is 6.97. The van der Waals surface area contributed by atoms with Crippen LogP contribution in [0.3, 0.4) is 0 Å². The maximum atomic E-state index is 13.6. The molecule has 1 aliphatic rings. The Bertz CT molecular complexity index is 485. The number of rotatable bonds is 4. The molecule has 0 spiro atoms. The average molecular weight is 280 g/mol. The molecule has 0 aliphatic carbocycles. The first-order valence-electron chi connectivity index (χ1n) is 6.97. The Hall–Kier alpha value is -1.62. The monoisotopic (exact) mass is 280 g/mol. The summed E-state index contributed by atoms with van der Waals surface area (Å²) in [6, 6.07) is 4.47. The van der Waals surface area contributed by atoms with Gasteiger partial charge in [0.2, 0.25) is 5.91 Å². The topological polar surface area (TPSA) is 50.4 Å². The zero-order valence-electron chi connectivity index (χ0n) is 12.0. The van der Waals surface area contributed by atoms with Crippen LogP contribution in [0.4, 0.5) is 10.1 Å². The minimum atomic E-state index is -0.471. The number of methoxy groups -OCH3 is 1. The Kier molecular flexibility index (Phi) is 4.60. The van der Waals surface area contributed by atoms with Gasteiger partial charge in [0.1, 0.15) is 0 Å². The number of amides is 1. The fourth-order valence-corrected chi connectivity index (χ4v) is 2.65. The van der Waals surface area contributed by atoms with Gasteiger partial charge in [0.05, 0.1) is 12.5 Å². The Morgan fingerprint density at radius 2 is 2.15 bits per heavy atom. The van der Waals surface area contributed by atoms with Gasteiger partial charge in [-0.2, -0.15) is 0 Å². The molecule has 4 nitrogen and oxygen atoms in total. The van der Waals surface area contributed by atoms with E-state index in [0.29, 0.717) is 5.69 Å². The largest absolute Gasteiger partial charge is 0.494 e. The predicted molar refractivity (Wildman–Crippen MR) is 76.4 cm³/mol. The van der Waals surface area contributed by atoms with E-state index in [9.17, 15) is 9.18 Å². The Morgan fingerprint density at radius 1 is 1.45 bits per heavy atom. The van der Waals surface area contributed by atoms with Crippen LogP contribution in [0, 0.1) is 11.2 Å². The number of nitrogens with one attached hydrogen (secondary N) is 2. The van der Waals surface area contributed by atoms with Crippen molar-refractivity contribution in [2.45, 2.75) is 26.2 Å². The molecule has 1 amide bonds. The summed E-state index contributed by atoms with van der Waals surface area (Å²) in [5, 5.41) is 6.09. The predicted octanol–water partition coefficient (Wildman–Crippen LogP) is 2.55. The summed E-state index contributed by atoms with van der Waals surface area (Å²) in [5.74, 6) is -0.317. The van der Waals surface area contributed by atoms with Crippen molar-refractivity contribution < 1.29 is 13.9 Å². The standard InChI is InChI=1S/C15H21FN2O2/c1-3-15(6-8-17-9-7-15)14(19)18-11-4-5-13(20-2)12(16)10-11/h4-5,10,17H,3,6-9H2,1-2H3,(H,18,19). The third-order valence-electron chi connectivity index (χ3n) is 4.13. The van der Waals surface area contributed by atoms with Crippen LogP contribution in [0.25, 0.3) is 0 Å². The SMILES string of the molecule is CCC1(C(=O)Nc2ccc(OC)c(F)c2)CCNCC1. The highest BCUT2D eigenvalue weighted by Crippen LogP contribution is 2.34. The molecule has 1 saturated heterocycles. The van der Waals surface area contributed by atoms with Crippen LogP contribution in [0.2, 0.25) is 0 Å². The maximum Gasteiger partial charge on any atom is 0.230 e. The van der Waals surface area contributed by atoms with Gasteiger partial charge < -0.3 is 15.4 Å². The highest BCUT2D eigenvalue weighted by atomic mass is 19.1. The molecule has 1 aromatic rings. The third-order valence-corrected chi connectivity index (χ3v) is 4.13. The number of piperidine rings is 1. The zero-order valence-corrected chi connectivity index (χ0v) is 12.0. The van der Waals surface area contributed by atoms with Crippen LogP contribution in [0.15, 0.2) is 18.2 Å². The second kappa shape index (κ2) is 6.22. The van der Waals surface area contributed by atoms with Crippen LogP contribution < -0.4 is 15.4 Å². The van der Waals surface area contributed by atoms with Gasteiger partial charge in [0, 0.05) is 11.8 Å². The molecule has 2 rings (SSSR count). The summed E-state index contributed by atoms with van der Waals surface area (Å²) in [5.41, 5.74) is 0.126. The molecular formula is C15H21FN2O2. The molecule has 0 saturated carbocycles. The van der Waals surface area contributed by atoms with Crippen LogP contribution in [0.1, 0.15) is 26.2 Å². The van der Waals surface area contributed by atoms with Gasteiger partial charge in [0.15, 0.2) is 11.6 Å². The number of anilines is 1. The molecule has 1 heterocycles. The molecule has 1 aliphatic heterocycles. The lowest BCUT2D eigenvalue weighted by atomic mass is 9.76. The van der Waals surface area contributed by atoms with Crippen LogP contribution in [0.5, 0.6) is 5.75 Å². The number of hydrogen-bond acceptors (Lipinski definition) is 3. The van der Waals surface area contributed by atoms with Crippen molar-refractivity contribution in [2.24, 2.45) is 5.41 Å². The van der Waals surface area contributed by atoms with E-state index in [-0.39, 0.29) is 17.1 Å². The third kappa shape index (κ3) is 2.93. The van der Waals surface area contributed by atoms with Crippen molar-refractivity contribution in [1.82, 2.24) is 5.32 Å². The summed E-state index contributed by atoms with van der Waals surface area (Å²) >= 11 is 0. The molecule has 1 fully saturated rings.